The van der Waals surface area contributed by atoms with Gasteiger partial charge < -0.3 is 51.9 Å². The van der Waals surface area contributed by atoms with Crippen molar-refractivity contribution in [1.29, 1.82) is 0 Å². The average molecular weight is 1180 g/mol. The molecule has 3 amide bonds. The van der Waals surface area contributed by atoms with E-state index in [0.717, 1.165) is 80.7 Å². The summed E-state index contributed by atoms with van der Waals surface area (Å²) in [7, 11) is 3.46. The number of nitrogens with zero attached hydrogens (tertiary/aromatic N) is 9. The number of anilines is 4. The van der Waals surface area contributed by atoms with E-state index in [1.807, 2.05) is 48.5 Å². The van der Waals surface area contributed by atoms with E-state index in [0.29, 0.717) is 35.9 Å². The van der Waals surface area contributed by atoms with Crippen LogP contribution in [0.1, 0.15) is 159 Å². The minimum absolute atomic E-state index is 0.0152. The molecule has 5 saturated heterocycles. The van der Waals surface area contributed by atoms with E-state index >= 15 is 0 Å². The van der Waals surface area contributed by atoms with Gasteiger partial charge in [0.25, 0.3) is 17.3 Å². The van der Waals surface area contributed by atoms with Crippen LogP contribution in [0.4, 0.5) is 39.2 Å². The van der Waals surface area contributed by atoms with Crippen LogP contribution in [0.15, 0.2) is 103 Å². The maximum atomic E-state index is 12.1. The lowest BCUT2D eigenvalue weighted by atomic mass is 9.89. The van der Waals surface area contributed by atoms with E-state index in [4.69, 9.17) is 16.5 Å². The molecule has 86 heavy (non-hydrogen) atoms. The molecule has 7 N–H and O–H groups in total. The van der Waals surface area contributed by atoms with Gasteiger partial charge in [0.15, 0.2) is 11.5 Å². The highest BCUT2D eigenvalue weighted by atomic mass is 16.6. The van der Waals surface area contributed by atoms with E-state index in [9.17, 15) is 29.8 Å². The molecule has 0 bridgehead atoms. The van der Waals surface area contributed by atoms with Crippen LogP contribution in [-0.2, 0) is 0 Å². The number of nitrogen functional groups attached to an aromatic ring is 1. The largest absolute Gasteiger partial charge is 0.399 e. The Bertz CT molecular complexity index is 3000. The van der Waals surface area contributed by atoms with Gasteiger partial charge >= 0.3 is 6.03 Å². The predicted octanol–water partition coefficient (Wildman–Crippen LogP) is 10.5. The minimum Gasteiger partial charge on any atom is -0.399 e. The summed E-state index contributed by atoms with van der Waals surface area (Å²) in [5.41, 5.74) is 18.8. The van der Waals surface area contributed by atoms with Gasteiger partial charge in [0.2, 0.25) is 0 Å². The minimum atomic E-state index is -0.629. The molecule has 4 aromatic carbocycles. The number of primary amides is 1. The molecule has 20 nitrogen and oxygen atoms in total. The molecule has 1 atom stereocenters. The average Bonchev–Trinajstić information content (AvgIpc) is 4.33. The molecular formula is C66H90N14O6. The smallest absolute Gasteiger partial charge is 0.317 e. The molecule has 1 aromatic heterocycles. The molecule has 13 rings (SSSR count). The zero-order valence-corrected chi connectivity index (χ0v) is 50.4. The van der Waals surface area contributed by atoms with Crippen molar-refractivity contribution >= 4 is 46.3 Å². The molecule has 0 unspecified atom stereocenters. The van der Waals surface area contributed by atoms with Gasteiger partial charge in [-0.2, -0.15) is 0 Å². The Labute approximate surface area is 507 Å². The Kier molecular flexibility index (Phi) is 21.1. The highest BCUT2D eigenvalue weighted by Gasteiger charge is 2.35. The number of carbonyl (C=O) groups excluding carboxylic acids is 2. The van der Waals surface area contributed by atoms with Crippen molar-refractivity contribution < 1.29 is 19.4 Å². The second-order valence-corrected chi connectivity index (χ2v) is 25.2. The first-order valence-corrected chi connectivity index (χ1v) is 31.7. The number of amides is 3. The molecule has 5 aliphatic heterocycles. The van der Waals surface area contributed by atoms with Gasteiger partial charge in [-0.05, 0) is 225 Å². The molecular weight excluding hydrogens is 1080 g/mol. The molecule has 20 heteroatoms. The van der Waals surface area contributed by atoms with Gasteiger partial charge in [0, 0.05) is 87.0 Å². The summed E-state index contributed by atoms with van der Waals surface area (Å²) in [5, 5.41) is 30.7. The van der Waals surface area contributed by atoms with Crippen LogP contribution in [0.25, 0.3) is 0 Å². The van der Waals surface area contributed by atoms with Crippen LogP contribution < -0.4 is 32.3 Å². The van der Waals surface area contributed by atoms with Crippen LogP contribution in [0, 0.1) is 20.2 Å². The maximum absolute atomic E-state index is 12.1. The highest BCUT2D eigenvalue weighted by molar-refractivity contribution is 5.96. The van der Waals surface area contributed by atoms with Gasteiger partial charge in [-0.25, -0.2) is 14.8 Å². The lowest BCUT2D eigenvalue weighted by molar-refractivity contribution is -0.385. The van der Waals surface area contributed by atoms with Crippen molar-refractivity contribution in [2.45, 2.75) is 151 Å². The van der Waals surface area contributed by atoms with Crippen molar-refractivity contribution in [1.82, 2.24) is 40.2 Å². The lowest BCUT2D eigenvalue weighted by Gasteiger charge is -2.34. The van der Waals surface area contributed by atoms with Crippen LogP contribution in [-0.4, -0.2) is 155 Å². The van der Waals surface area contributed by atoms with E-state index in [1.54, 1.807) is 44.6 Å². The Morgan fingerprint density at radius 3 is 1.37 bits per heavy atom. The Balaban J connectivity index is 0.000000139. The molecule has 0 spiro atoms. The van der Waals surface area contributed by atoms with Crippen molar-refractivity contribution in [3.63, 3.8) is 0 Å². The molecule has 3 aliphatic carbocycles. The summed E-state index contributed by atoms with van der Waals surface area (Å²) in [6.07, 6.45) is 21.4. The molecule has 5 aromatic rings. The zero-order valence-electron chi connectivity index (χ0n) is 50.4. The fourth-order valence-corrected chi connectivity index (χ4v) is 13.2. The molecule has 0 radical (unpaired) electrons. The number of benzene rings is 4. The Hall–Kier alpha value is -7.26. The standard InChI is InChI=1S/C27H38N8O2.C14H18N2O2.C14H20N2.C11H14N2O2/c1-33(2)27(37)31-21-4-3-13-35(17-21)23-16-29-24(25(28)36)26(32-23)30-20-7-5-18(6-8-20)19-11-14-34(15-12-19)22-9-10-22;17-16(18)14-3-1-11(2-4-14)12-7-9-15(10-8-12)13-5-6-13;15-13-3-1-11(2-4-13)12-7-9-16(10-8-12)14-5-6-14;14-13(15)11-3-1-9(2-4-11)10-5-7-12-8-6-10/h5-8,16,19,21-22H,3-4,9-15,17H2,1-2H3,(H2,28,36)(H,30,32)(H,31,37);1-4,12-13H,5-10H2;1-4,12,14H,5-10,15H2;1-4,10,12H,5-8H2/t21-;;;/m1.../s1. The SMILES string of the molecule is CN(C)C(=O)N[C@@H]1CCCN(c2cnc(C(N)=O)c(Nc3ccc(C4CCN(C5CC5)CC4)cc3)n2)C1.Nc1ccc(C2CCN(C3CC3)CC2)cc1.O=[N+]([O-])c1ccc(C2CCN(C3CC3)CC2)cc1.O=[N+]([O-])c1ccc(C2CCNCC2)cc1. The van der Waals surface area contributed by atoms with Gasteiger partial charge in [-0.3, -0.25) is 25.0 Å². The summed E-state index contributed by atoms with van der Waals surface area (Å²) in [5.74, 6) is 2.86. The summed E-state index contributed by atoms with van der Waals surface area (Å²) >= 11 is 0. The Morgan fingerprint density at radius 1 is 0.570 bits per heavy atom. The van der Waals surface area contributed by atoms with Crippen LogP contribution >= 0.6 is 0 Å². The van der Waals surface area contributed by atoms with Crippen molar-refractivity contribution in [2.75, 3.05) is 95.5 Å². The third-order valence-corrected chi connectivity index (χ3v) is 18.8. The second kappa shape index (κ2) is 29.4. The van der Waals surface area contributed by atoms with Gasteiger partial charge in [0.05, 0.1) is 16.0 Å². The normalized spacial score (nSPS) is 21.0. The number of rotatable bonds is 14. The number of nitrogens with two attached hydrogens (primary N) is 2. The fourth-order valence-electron chi connectivity index (χ4n) is 13.2. The van der Waals surface area contributed by atoms with Crippen LogP contribution in [0.3, 0.4) is 0 Å². The van der Waals surface area contributed by atoms with Crippen molar-refractivity contribution in [3.05, 3.63) is 151 Å². The van der Waals surface area contributed by atoms with E-state index in [2.05, 4.69) is 64.8 Å². The number of hydrogen-bond acceptors (Lipinski definition) is 15. The maximum Gasteiger partial charge on any atom is 0.317 e. The summed E-state index contributed by atoms with van der Waals surface area (Å²) in [6.45, 7) is 10.8. The number of piperidine rings is 5. The second-order valence-electron chi connectivity index (χ2n) is 25.2. The first kappa shape index (κ1) is 61.8. The monoisotopic (exact) mass is 1170 g/mol. The highest BCUT2D eigenvalue weighted by Crippen LogP contribution is 2.38. The van der Waals surface area contributed by atoms with Crippen molar-refractivity contribution in [2.24, 2.45) is 5.73 Å². The number of carbonyl (C=O) groups is 2. The summed E-state index contributed by atoms with van der Waals surface area (Å²) < 4.78 is 0. The lowest BCUT2D eigenvalue weighted by Crippen LogP contribution is -2.50. The number of nitrogens with one attached hydrogen (secondary N) is 3. The number of nitro groups is 2. The van der Waals surface area contributed by atoms with E-state index in [-0.39, 0.29) is 39.0 Å². The molecule has 8 fully saturated rings. The Morgan fingerprint density at radius 2 is 0.977 bits per heavy atom. The van der Waals surface area contributed by atoms with Crippen LogP contribution in [0.2, 0.25) is 0 Å². The number of aromatic nitrogens is 2. The number of urea groups is 1. The third kappa shape index (κ3) is 17.5. The number of likely N-dealkylation sites (tertiary alicyclic amines) is 3. The summed E-state index contributed by atoms with van der Waals surface area (Å²) in [4.78, 5) is 65.2. The molecule has 6 heterocycles. The number of nitro benzene ring substituents is 2. The quantitative estimate of drug-likeness (QED) is 0.0394. The third-order valence-electron chi connectivity index (χ3n) is 18.8. The van der Waals surface area contributed by atoms with Gasteiger partial charge in [0.1, 0.15) is 5.82 Å². The molecule has 460 valence electrons. The molecule has 8 aliphatic rings. The fraction of sp³-hybridized carbons (Fsp3) is 0.545. The van der Waals surface area contributed by atoms with Gasteiger partial charge in [-0.15, -0.1) is 0 Å². The van der Waals surface area contributed by atoms with E-state index < -0.39 is 5.91 Å². The van der Waals surface area contributed by atoms with Gasteiger partial charge in [-0.1, -0.05) is 48.5 Å². The topological polar surface area (TPSA) is 251 Å². The van der Waals surface area contributed by atoms with Crippen molar-refractivity contribution in [3.8, 4) is 0 Å². The number of non-ortho nitro benzene ring substituents is 2. The van der Waals surface area contributed by atoms with E-state index in [1.165, 1.54) is 143 Å². The number of hydrogen-bond donors (Lipinski definition) is 5. The first-order chi connectivity index (χ1) is 41.7. The molecule has 3 saturated carbocycles. The first-order valence-electron chi connectivity index (χ1n) is 31.7. The summed E-state index contributed by atoms with van der Waals surface area (Å²) in [6, 6.07) is 33.5. The zero-order chi connectivity index (χ0) is 60.1. The van der Waals surface area contributed by atoms with Crippen LogP contribution in [0.5, 0.6) is 0 Å². The predicted molar refractivity (Wildman–Crippen MR) is 339 cm³/mol.